The highest BCUT2D eigenvalue weighted by molar-refractivity contribution is 5.93. The van der Waals surface area contributed by atoms with E-state index < -0.39 is 0 Å². The van der Waals surface area contributed by atoms with Crippen LogP contribution in [-0.2, 0) is 17.7 Å². The van der Waals surface area contributed by atoms with Gasteiger partial charge in [0.05, 0.1) is 30.6 Å². The smallest absolute Gasteiger partial charge is 0.317 e. The molecule has 1 atom stereocenters. The Labute approximate surface area is 176 Å². The summed E-state index contributed by atoms with van der Waals surface area (Å²) >= 11 is 0. The molecule has 0 bridgehead atoms. The van der Waals surface area contributed by atoms with Gasteiger partial charge in [0, 0.05) is 26.2 Å². The number of rotatable bonds is 3. The van der Waals surface area contributed by atoms with Gasteiger partial charge in [-0.15, -0.1) is 5.10 Å². The maximum Gasteiger partial charge on any atom is 0.317 e. The van der Waals surface area contributed by atoms with E-state index in [1.807, 2.05) is 43.9 Å². The van der Waals surface area contributed by atoms with Crippen LogP contribution in [0, 0.1) is 6.92 Å². The summed E-state index contributed by atoms with van der Waals surface area (Å²) in [6.45, 7) is 9.21. The number of aromatic nitrogens is 3. The molecule has 160 valence electrons. The van der Waals surface area contributed by atoms with Gasteiger partial charge in [0.25, 0.3) is 5.91 Å². The summed E-state index contributed by atoms with van der Waals surface area (Å²) in [6.07, 6.45) is 0.728. The van der Waals surface area contributed by atoms with Gasteiger partial charge in [0.15, 0.2) is 5.69 Å². The third-order valence-corrected chi connectivity index (χ3v) is 5.81. The first-order chi connectivity index (χ1) is 14.5. The third-order valence-electron chi connectivity index (χ3n) is 5.81. The van der Waals surface area contributed by atoms with E-state index in [1.165, 1.54) is 0 Å². The van der Waals surface area contributed by atoms with Gasteiger partial charge < -0.3 is 19.9 Å². The number of fused-ring (bicyclic) bond motifs is 1. The second kappa shape index (κ2) is 8.43. The molecule has 9 nitrogen and oxygen atoms in total. The first kappa shape index (κ1) is 20.3. The molecule has 1 fully saturated rings. The largest absolute Gasteiger partial charge is 0.377 e. The van der Waals surface area contributed by atoms with E-state index >= 15 is 0 Å². The van der Waals surface area contributed by atoms with Gasteiger partial charge in [-0.1, -0.05) is 17.3 Å². The van der Waals surface area contributed by atoms with Crippen LogP contribution < -0.4 is 5.32 Å². The molecule has 1 aromatic carbocycles. The summed E-state index contributed by atoms with van der Waals surface area (Å²) in [5.74, 6) is -0.109. The zero-order valence-corrected chi connectivity index (χ0v) is 17.7. The van der Waals surface area contributed by atoms with E-state index in [9.17, 15) is 9.59 Å². The Morgan fingerprint density at radius 3 is 2.90 bits per heavy atom. The molecule has 0 aliphatic carbocycles. The summed E-state index contributed by atoms with van der Waals surface area (Å²) in [5, 5.41) is 11.4. The molecular weight excluding hydrogens is 384 g/mol. The van der Waals surface area contributed by atoms with Crippen molar-refractivity contribution in [2.24, 2.45) is 0 Å². The lowest BCUT2D eigenvalue weighted by molar-refractivity contribution is 0.00322. The fourth-order valence-corrected chi connectivity index (χ4v) is 4.14. The van der Waals surface area contributed by atoms with E-state index in [-0.39, 0.29) is 18.0 Å². The molecule has 1 aromatic heterocycles. The lowest BCUT2D eigenvalue weighted by atomic mass is 9.98. The summed E-state index contributed by atoms with van der Waals surface area (Å²) in [6, 6.07) is 5.96. The monoisotopic (exact) mass is 412 g/mol. The van der Waals surface area contributed by atoms with Crippen molar-refractivity contribution in [3.63, 3.8) is 0 Å². The number of urea groups is 1. The normalized spacial score (nSPS) is 18.8. The minimum Gasteiger partial charge on any atom is -0.377 e. The van der Waals surface area contributed by atoms with Crippen molar-refractivity contribution in [3.05, 3.63) is 40.7 Å². The van der Waals surface area contributed by atoms with Crippen LogP contribution in [0.3, 0.4) is 0 Å². The van der Waals surface area contributed by atoms with E-state index in [1.54, 1.807) is 9.58 Å². The Kier molecular flexibility index (Phi) is 5.72. The second-order valence-electron chi connectivity index (χ2n) is 7.78. The summed E-state index contributed by atoms with van der Waals surface area (Å²) in [7, 11) is 0. The van der Waals surface area contributed by atoms with Crippen molar-refractivity contribution in [2.45, 2.75) is 39.8 Å². The van der Waals surface area contributed by atoms with Gasteiger partial charge in [0.2, 0.25) is 0 Å². The van der Waals surface area contributed by atoms with Crippen LogP contribution in [0.15, 0.2) is 18.2 Å². The average Bonchev–Trinajstić information content (AvgIpc) is 3.14. The van der Waals surface area contributed by atoms with Crippen LogP contribution in [0.5, 0.6) is 0 Å². The minimum atomic E-state index is -0.109. The summed E-state index contributed by atoms with van der Waals surface area (Å²) in [4.78, 5) is 28.9. The number of ether oxygens (including phenoxy) is 1. The van der Waals surface area contributed by atoms with Gasteiger partial charge in [0.1, 0.15) is 0 Å². The Bertz CT molecular complexity index is 956. The molecule has 1 unspecified atom stereocenters. The topological polar surface area (TPSA) is 92.6 Å². The maximum atomic E-state index is 13.0. The van der Waals surface area contributed by atoms with Crippen molar-refractivity contribution in [3.8, 4) is 5.69 Å². The molecule has 2 aliphatic heterocycles. The minimum absolute atomic E-state index is 0.0144. The number of carbonyl (C=O) groups excluding carboxylic acids is 2. The summed E-state index contributed by atoms with van der Waals surface area (Å²) in [5.41, 5.74) is 4.25. The lowest BCUT2D eigenvalue weighted by Crippen LogP contribution is -2.47. The Hall–Kier alpha value is -2.94. The molecule has 4 rings (SSSR count). The SMILES string of the molecule is CCNC(=O)N1CCc2c(cccc2-n2nnc(C(=O)N3CCOCC3C)c2C)C1. The lowest BCUT2D eigenvalue weighted by Gasteiger charge is -2.32. The highest BCUT2D eigenvalue weighted by atomic mass is 16.5. The van der Waals surface area contributed by atoms with Gasteiger partial charge in [-0.25, -0.2) is 9.48 Å². The molecule has 1 N–H and O–H groups in total. The van der Waals surface area contributed by atoms with Crippen molar-refractivity contribution in [2.75, 3.05) is 32.8 Å². The molecule has 0 saturated carbocycles. The van der Waals surface area contributed by atoms with Crippen molar-refractivity contribution in [1.29, 1.82) is 0 Å². The first-order valence-electron chi connectivity index (χ1n) is 10.5. The zero-order chi connectivity index (χ0) is 21.3. The van der Waals surface area contributed by atoms with Gasteiger partial charge in [-0.2, -0.15) is 0 Å². The first-order valence-corrected chi connectivity index (χ1v) is 10.5. The second-order valence-corrected chi connectivity index (χ2v) is 7.78. The van der Waals surface area contributed by atoms with Crippen LogP contribution >= 0.6 is 0 Å². The average molecular weight is 412 g/mol. The van der Waals surface area contributed by atoms with Crippen LogP contribution in [0.2, 0.25) is 0 Å². The number of nitrogens with zero attached hydrogens (tertiary/aromatic N) is 5. The summed E-state index contributed by atoms with van der Waals surface area (Å²) < 4.78 is 7.19. The van der Waals surface area contributed by atoms with E-state index in [4.69, 9.17) is 4.74 Å². The Morgan fingerprint density at radius 1 is 1.30 bits per heavy atom. The van der Waals surface area contributed by atoms with Crippen molar-refractivity contribution >= 4 is 11.9 Å². The number of amides is 3. The van der Waals surface area contributed by atoms with Crippen LogP contribution in [-0.4, -0.2) is 75.6 Å². The molecule has 1 saturated heterocycles. The quantitative estimate of drug-likeness (QED) is 0.825. The number of morpholine rings is 1. The highest BCUT2D eigenvalue weighted by Gasteiger charge is 2.30. The van der Waals surface area contributed by atoms with Gasteiger partial charge in [-0.3, -0.25) is 4.79 Å². The predicted molar refractivity (Wildman–Crippen MR) is 111 cm³/mol. The molecular formula is C21H28N6O3. The molecule has 3 heterocycles. The Morgan fingerprint density at radius 2 is 2.13 bits per heavy atom. The number of hydrogen-bond acceptors (Lipinski definition) is 5. The van der Waals surface area contributed by atoms with E-state index in [2.05, 4.69) is 15.6 Å². The van der Waals surface area contributed by atoms with Gasteiger partial charge >= 0.3 is 6.03 Å². The molecule has 2 aromatic rings. The highest BCUT2D eigenvalue weighted by Crippen LogP contribution is 2.26. The molecule has 0 spiro atoms. The maximum absolute atomic E-state index is 13.0. The van der Waals surface area contributed by atoms with E-state index in [0.29, 0.717) is 45.1 Å². The number of benzene rings is 1. The number of hydrogen-bond donors (Lipinski definition) is 1. The number of nitrogens with one attached hydrogen (secondary N) is 1. The van der Waals surface area contributed by atoms with Crippen LogP contribution in [0.25, 0.3) is 5.69 Å². The van der Waals surface area contributed by atoms with E-state index in [0.717, 1.165) is 28.9 Å². The fraction of sp³-hybridized carbons (Fsp3) is 0.524. The van der Waals surface area contributed by atoms with Crippen LogP contribution in [0.1, 0.15) is 41.2 Å². The molecule has 2 aliphatic rings. The van der Waals surface area contributed by atoms with Crippen molar-refractivity contribution in [1.82, 2.24) is 30.1 Å². The Balaban J connectivity index is 1.61. The molecule has 9 heteroatoms. The van der Waals surface area contributed by atoms with Crippen LogP contribution in [0.4, 0.5) is 4.79 Å². The molecule has 0 radical (unpaired) electrons. The molecule has 3 amide bonds. The third kappa shape index (κ3) is 3.65. The van der Waals surface area contributed by atoms with Gasteiger partial charge in [-0.05, 0) is 44.4 Å². The zero-order valence-electron chi connectivity index (χ0n) is 17.7. The van der Waals surface area contributed by atoms with Crippen molar-refractivity contribution < 1.29 is 14.3 Å². The predicted octanol–water partition coefficient (Wildman–Crippen LogP) is 1.52. The fourth-order valence-electron chi connectivity index (χ4n) is 4.14. The standard InChI is InChI=1S/C21H28N6O3/c1-4-22-21(29)25-9-8-17-16(12-25)6-5-7-18(17)27-15(3)19(23-24-27)20(28)26-10-11-30-13-14(26)2/h5-7,14H,4,8-13H2,1-3H3,(H,22,29). The number of carbonyl (C=O) groups is 2. The molecule has 30 heavy (non-hydrogen) atoms.